The zero-order valence-electron chi connectivity index (χ0n) is 20.2. The Labute approximate surface area is 204 Å². The number of carbonyl (C=O) groups excluding carboxylic acids is 2. The second-order valence-corrected chi connectivity index (χ2v) is 8.61. The lowest BCUT2D eigenvalue weighted by molar-refractivity contribution is -0.147. The van der Waals surface area contributed by atoms with Crippen molar-refractivity contribution in [3.05, 3.63) is 53.7 Å². The molecule has 0 saturated heterocycles. The van der Waals surface area contributed by atoms with Crippen molar-refractivity contribution in [3.8, 4) is 17.1 Å². The topological polar surface area (TPSA) is 120 Å². The van der Waals surface area contributed by atoms with Gasteiger partial charge in [-0.2, -0.15) is 0 Å². The Morgan fingerprint density at radius 1 is 1.14 bits per heavy atom. The summed E-state index contributed by atoms with van der Waals surface area (Å²) in [6.45, 7) is 2.25. The first-order chi connectivity index (χ1) is 16.9. The van der Waals surface area contributed by atoms with Crippen molar-refractivity contribution in [2.24, 2.45) is 13.0 Å². The summed E-state index contributed by atoms with van der Waals surface area (Å²) in [5.41, 5.74) is 2.71. The molecular weight excluding hydrogens is 448 g/mol. The van der Waals surface area contributed by atoms with Crippen LogP contribution in [0.5, 0.6) is 5.75 Å². The van der Waals surface area contributed by atoms with Gasteiger partial charge >= 0.3 is 12.0 Å². The maximum Gasteiger partial charge on any atom is 0.320 e. The number of anilines is 1. The van der Waals surface area contributed by atoms with E-state index in [1.165, 1.54) is 11.8 Å². The average molecular weight is 479 g/mol. The number of nitrogens with zero attached hydrogens (tertiary/aromatic N) is 4. The highest BCUT2D eigenvalue weighted by molar-refractivity contribution is 5.91. The van der Waals surface area contributed by atoms with Crippen molar-refractivity contribution >= 4 is 17.8 Å². The molecule has 0 unspecified atom stereocenters. The molecular formula is C25H30N6O4. The number of amides is 2. The van der Waals surface area contributed by atoms with Crippen LogP contribution in [0.15, 0.2) is 42.5 Å². The van der Waals surface area contributed by atoms with E-state index in [1.807, 2.05) is 43.3 Å². The van der Waals surface area contributed by atoms with Gasteiger partial charge in [0.25, 0.3) is 0 Å². The zero-order chi connectivity index (χ0) is 24.8. The van der Waals surface area contributed by atoms with E-state index in [0.717, 1.165) is 24.8 Å². The Hall–Kier alpha value is -3.95. The number of esters is 1. The number of pyridine rings is 1. The van der Waals surface area contributed by atoms with Crippen molar-refractivity contribution in [2.45, 2.75) is 45.3 Å². The van der Waals surface area contributed by atoms with E-state index in [0.29, 0.717) is 41.6 Å². The molecule has 2 atom stereocenters. The van der Waals surface area contributed by atoms with Crippen LogP contribution >= 0.6 is 0 Å². The molecule has 10 nitrogen and oxygen atoms in total. The molecule has 0 radical (unpaired) electrons. The molecule has 0 spiro atoms. The van der Waals surface area contributed by atoms with Crippen LogP contribution in [0.25, 0.3) is 11.4 Å². The van der Waals surface area contributed by atoms with Crippen LogP contribution in [0.3, 0.4) is 0 Å². The number of aromatic nitrogens is 4. The fraction of sp³-hybridized carbons (Fsp3) is 0.400. The number of ether oxygens (including phenoxy) is 2. The SMILES string of the molecule is COC(=O)[C@H]1CCC[C@H](Oc2ccc(-c3nnn(C)c3NC(=O)NCc3ccccc3)nc2C)C1. The highest BCUT2D eigenvalue weighted by Gasteiger charge is 2.29. The molecule has 4 rings (SSSR count). The highest BCUT2D eigenvalue weighted by Crippen LogP contribution is 2.31. The summed E-state index contributed by atoms with van der Waals surface area (Å²) in [4.78, 5) is 29.1. The molecule has 1 aromatic carbocycles. The van der Waals surface area contributed by atoms with Crippen LogP contribution in [0.2, 0.25) is 0 Å². The Bertz CT molecular complexity index is 1180. The van der Waals surface area contributed by atoms with Crippen LogP contribution in [0.1, 0.15) is 36.9 Å². The van der Waals surface area contributed by atoms with Crippen molar-refractivity contribution in [3.63, 3.8) is 0 Å². The first kappa shape index (κ1) is 24.2. The standard InChI is InChI=1S/C25H30N6O4/c1-16-21(35-19-11-7-10-18(14-19)24(32)34-3)13-12-20(27-16)22-23(31(2)30-29-22)28-25(33)26-15-17-8-5-4-6-9-17/h4-6,8-9,12-13,18-19H,7,10-11,14-15H2,1-3H3,(H2,26,28,33)/t18-,19-/m0/s1. The summed E-state index contributed by atoms with van der Waals surface area (Å²) in [5, 5.41) is 13.9. The van der Waals surface area contributed by atoms with Gasteiger partial charge in [-0.25, -0.2) is 14.5 Å². The molecule has 2 aromatic heterocycles. The van der Waals surface area contributed by atoms with Gasteiger partial charge in [-0.3, -0.25) is 10.1 Å². The van der Waals surface area contributed by atoms with Crippen LogP contribution in [-0.4, -0.2) is 45.2 Å². The molecule has 3 aromatic rings. The molecule has 35 heavy (non-hydrogen) atoms. The Morgan fingerprint density at radius 2 is 1.94 bits per heavy atom. The van der Waals surface area contributed by atoms with Gasteiger partial charge in [0.15, 0.2) is 11.5 Å². The quantitative estimate of drug-likeness (QED) is 0.498. The number of benzene rings is 1. The number of hydrogen-bond acceptors (Lipinski definition) is 7. The van der Waals surface area contributed by atoms with E-state index in [4.69, 9.17) is 9.47 Å². The summed E-state index contributed by atoms with van der Waals surface area (Å²) < 4.78 is 12.6. The summed E-state index contributed by atoms with van der Waals surface area (Å²) in [5.74, 6) is 0.777. The van der Waals surface area contributed by atoms with E-state index >= 15 is 0 Å². The second kappa shape index (κ2) is 11.0. The average Bonchev–Trinajstić information content (AvgIpc) is 3.24. The monoisotopic (exact) mass is 478 g/mol. The van der Waals surface area contributed by atoms with Gasteiger partial charge in [-0.1, -0.05) is 35.5 Å². The third-order valence-corrected chi connectivity index (χ3v) is 6.09. The first-order valence-corrected chi connectivity index (χ1v) is 11.7. The molecule has 1 aliphatic rings. The van der Waals surface area contributed by atoms with Crippen LogP contribution in [-0.2, 0) is 23.1 Å². The highest BCUT2D eigenvalue weighted by atomic mass is 16.5. The molecule has 0 aliphatic heterocycles. The summed E-state index contributed by atoms with van der Waals surface area (Å²) in [7, 11) is 3.12. The number of methoxy groups -OCH3 is 1. The van der Waals surface area contributed by atoms with E-state index < -0.39 is 0 Å². The van der Waals surface area contributed by atoms with Crippen LogP contribution in [0, 0.1) is 12.8 Å². The van der Waals surface area contributed by atoms with E-state index in [2.05, 4.69) is 25.9 Å². The molecule has 2 amide bonds. The number of nitrogens with one attached hydrogen (secondary N) is 2. The lowest BCUT2D eigenvalue weighted by Gasteiger charge is -2.28. The molecule has 10 heteroatoms. The van der Waals surface area contributed by atoms with Crippen molar-refractivity contribution in [2.75, 3.05) is 12.4 Å². The van der Waals surface area contributed by atoms with Gasteiger partial charge in [-0.15, -0.1) is 5.10 Å². The number of rotatable bonds is 7. The smallest absolute Gasteiger partial charge is 0.320 e. The minimum atomic E-state index is -0.366. The third kappa shape index (κ3) is 5.95. The number of aryl methyl sites for hydroxylation is 2. The predicted molar refractivity (Wildman–Crippen MR) is 130 cm³/mol. The fourth-order valence-corrected chi connectivity index (χ4v) is 4.22. The predicted octanol–water partition coefficient (Wildman–Crippen LogP) is 3.62. The minimum absolute atomic E-state index is 0.0683. The molecule has 1 saturated carbocycles. The van der Waals surface area contributed by atoms with Gasteiger partial charge in [0.1, 0.15) is 5.75 Å². The summed E-state index contributed by atoms with van der Waals surface area (Å²) >= 11 is 0. The lowest BCUT2D eigenvalue weighted by Crippen LogP contribution is -2.30. The molecule has 2 heterocycles. The fourth-order valence-electron chi connectivity index (χ4n) is 4.22. The minimum Gasteiger partial charge on any atom is -0.489 e. The van der Waals surface area contributed by atoms with Gasteiger partial charge in [0, 0.05) is 13.6 Å². The van der Waals surface area contributed by atoms with Crippen LogP contribution < -0.4 is 15.4 Å². The Morgan fingerprint density at radius 3 is 2.69 bits per heavy atom. The molecule has 2 N–H and O–H groups in total. The largest absolute Gasteiger partial charge is 0.489 e. The summed E-state index contributed by atoms with van der Waals surface area (Å²) in [6.07, 6.45) is 3.18. The number of hydrogen-bond donors (Lipinski definition) is 2. The van der Waals surface area contributed by atoms with Crippen molar-refractivity contribution in [1.82, 2.24) is 25.3 Å². The maximum atomic E-state index is 12.5. The second-order valence-electron chi connectivity index (χ2n) is 8.61. The lowest BCUT2D eigenvalue weighted by atomic mass is 9.87. The zero-order valence-corrected chi connectivity index (χ0v) is 20.2. The van der Waals surface area contributed by atoms with Crippen molar-refractivity contribution < 1.29 is 19.1 Å². The van der Waals surface area contributed by atoms with Gasteiger partial charge < -0.3 is 14.8 Å². The molecule has 0 bridgehead atoms. The Balaban J connectivity index is 1.43. The van der Waals surface area contributed by atoms with Crippen LogP contribution in [0.4, 0.5) is 10.6 Å². The normalized spacial score (nSPS) is 17.5. The molecule has 1 fully saturated rings. The van der Waals surface area contributed by atoms with Crippen molar-refractivity contribution in [1.29, 1.82) is 0 Å². The van der Waals surface area contributed by atoms with E-state index in [-0.39, 0.29) is 24.0 Å². The Kier molecular flexibility index (Phi) is 7.59. The summed E-state index contributed by atoms with van der Waals surface area (Å²) in [6, 6.07) is 12.9. The molecule has 184 valence electrons. The van der Waals surface area contributed by atoms with Gasteiger partial charge in [-0.05, 0) is 50.3 Å². The van der Waals surface area contributed by atoms with Gasteiger partial charge in [0.05, 0.1) is 30.5 Å². The number of carbonyl (C=O) groups is 2. The van der Waals surface area contributed by atoms with E-state index in [9.17, 15) is 9.59 Å². The van der Waals surface area contributed by atoms with E-state index in [1.54, 1.807) is 13.1 Å². The maximum absolute atomic E-state index is 12.5. The molecule has 1 aliphatic carbocycles. The van der Waals surface area contributed by atoms with Gasteiger partial charge in [0.2, 0.25) is 0 Å². The first-order valence-electron chi connectivity index (χ1n) is 11.7. The third-order valence-electron chi connectivity index (χ3n) is 6.09. The number of urea groups is 1.